The van der Waals surface area contributed by atoms with Crippen LogP contribution in [-0.4, -0.2) is 23.9 Å². The maximum atomic E-state index is 15.0. The van der Waals surface area contributed by atoms with E-state index in [1.165, 1.54) is 36.3 Å². The van der Waals surface area contributed by atoms with Crippen LogP contribution in [0.2, 0.25) is 5.02 Å². The van der Waals surface area contributed by atoms with Crippen LogP contribution in [-0.2, 0) is 4.79 Å². The van der Waals surface area contributed by atoms with Gasteiger partial charge in [0, 0.05) is 27.7 Å². The molecule has 1 aliphatic rings. The molecule has 1 atom stereocenters. The van der Waals surface area contributed by atoms with Crippen molar-refractivity contribution in [2.24, 2.45) is 0 Å². The Labute approximate surface area is 204 Å². The molecule has 4 aromatic rings. The van der Waals surface area contributed by atoms with Gasteiger partial charge in [0.1, 0.15) is 5.82 Å². The number of fused-ring (bicyclic) bond motifs is 1. The fourth-order valence-corrected chi connectivity index (χ4v) is 4.61. The van der Waals surface area contributed by atoms with Crippen molar-refractivity contribution in [2.45, 2.75) is 13.0 Å². The third-order valence-electron chi connectivity index (χ3n) is 6.02. The molecule has 1 amide bonds. The van der Waals surface area contributed by atoms with Crippen LogP contribution in [0.5, 0.6) is 5.75 Å². The van der Waals surface area contributed by atoms with Crippen molar-refractivity contribution < 1.29 is 28.2 Å². The summed E-state index contributed by atoms with van der Waals surface area (Å²) in [7, 11) is 1.44. The summed E-state index contributed by atoms with van der Waals surface area (Å²) < 4.78 is 26.1. The van der Waals surface area contributed by atoms with E-state index < -0.39 is 29.3 Å². The van der Waals surface area contributed by atoms with Crippen LogP contribution in [0, 0.1) is 12.7 Å². The fourth-order valence-electron chi connectivity index (χ4n) is 4.39. The topological polar surface area (TPSA) is 80.0 Å². The number of hydrogen-bond donors (Lipinski definition) is 1. The summed E-state index contributed by atoms with van der Waals surface area (Å²) >= 11 is 6.13. The number of aliphatic hydroxyl groups excluding tert-OH is 1. The lowest BCUT2D eigenvalue weighted by Crippen LogP contribution is -2.32. The number of ketones is 1. The van der Waals surface area contributed by atoms with Crippen LogP contribution in [0.3, 0.4) is 0 Å². The summed E-state index contributed by atoms with van der Waals surface area (Å²) in [5, 5.41) is 11.8. The minimum absolute atomic E-state index is 0.0632. The molecule has 1 aliphatic heterocycles. The van der Waals surface area contributed by atoms with Gasteiger partial charge in [-0.1, -0.05) is 48.0 Å². The van der Waals surface area contributed by atoms with Crippen LogP contribution < -0.4 is 9.64 Å². The van der Waals surface area contributed by atoms with Crippen molar-refractivity contribution in [2.75, 3.05) is 12.0 Å². The Morgan fingerprint density at radius 1 is 1.11 bits per heavy atom. The SMILES string of the molecule is COc1cc(Cl)cc2cc(C(=O)C3=C(O)C(=O)N(c4ccccc4C)C3c3ccccc3F)oc12. The Morgan fingerprint density at radius 2 is 1.83 bits per heavy atom. The average molecular weight is 492 g/mol. The largest absolute Gasteiger partial charge is 0.503 e. The van der Waals surface area contributed by atoms with E-state index in [0.29, 0.717) is 27.4 Å². The number of carbonyl (C=O) groups is 2. The molecule has 1 unspecified atom stereocenters. The number of amides is 1. The molecule has 0 saturated heterocycles. The number of Topliss-reactive ketones (excluding diaryl/α,β-unsaturated/α-hetero) is 1. The molecule has 3 aromatic carbocycles. The van der Waals surface area contributed by atoms with E-state index in [1.807, 2.05) is 0 Å². The van der Waals surface area contributed by atoms with Gasteiger partial charge in [0.25, 0.3) is 5.91 Å². The standard InChI is InChI=1S/C27H19ClFNO5/c1-14-7-3-6-10-19(14)30-23(17-8-4-5-9-18(17)29)22(25(32)27(30)33)24(31)20-12-15-11-16(28)13-21(34-2)26(15)35-20/h3-13,23,32H,1-2H3. The number of rotatable bonds is 5. The lowest BCUT2D eigenvalue weighted by Gasteiger charge is -2.28. The second kappa shape index (κ2) is 8.60. The summed E-state index contributed by atoms with van der Waals surface area (Å²) in [4.78, 5) is 28.3. The van der Waals surface area contributed by atoms with Gasteiger partial charge in [0.2, 0.25) is 5.78 Å². The predicted octanol–water partition coefficient (Wildman–Crippen LogP) is 6.33. The van der Waals surface area contributed by atoms with Gasteiger partial charge in [-0.2, -0.15) is 0 Å². The quantitative estimate of drug-likeness (QED) is 0.330. The van der Waals surface area contributed by atoms with E-state index >= 15 is 4.39 Å². The van der Waals surface area contributed by atoms with E-state index in [-0.39, 0.29) is 22.5 Å². The molecule has 176 valence electrons. The molecular weight excluding hydrogens is 473 g/mol. The number of aliphatic hydroxyl groups is 1. The van der Waals surface area contributed by atoms with Gasteiger partial charge in [-0.15, -0.1) is 0 Å². The molecule has 0 aliphatic carbocycles. The first-order valence-electron chi connectivity index (χ1n) is 10.7. The number of methoxy groups -OCH3 is 1. The highest BCUT2D eigenvalue weighted by molar-refractivity contribution is 6.31. The second-order valence-corrected chi connectivity index (χ2v) is 8.55. The van der Waals surface area contributed by atoms with Crippen LogP contribution in [0.1, 0.15) is 27.7 Å². The Balaban J connectivity index is 1.70. The van der Waals surface area contributed by atoms with Crippen molar-refractivity contribution in [3.05, 3.63) is 106 Å². The first-order chi connectivity index (χ1) is 16.8. The zero-order chi connectivity index (χ0) is 24.9. The average Bonchev–Trinajstić information content (AvgIpc) is 3.38. The molecule has 1 aromatic heterocycles. The van der Waals surface area contributed by atoms with E-state index in [2.05, 4.69) is 0 Å². The molecule has 0 radical (unpaired) electrons. The van der Waals surface area contributed by atoms with Gasteiger partial charge in [0.15, 0.2) is 22.9 Å². The van der Waals surface area contributed by atoms with E-state index in [1.54, 1.807) is 49.4 Å². The Hall–Kier alpha value is -4.10. The first-order valence-corrected chi connectivity index (χ1v) is 11.1. The number of para-hydroxylation sites is 1. The molecule has 0 fully saturated rings. The molecule has 2 heterocycles. The summed E-state index contributed by atoms with van der Waals surface area (Å²) in [6.45, 7) is 1.78. The first kappa shape index (κ1) is 22.7. The molecule has 1 N–H and O–H groups in total. The van der Waals surface area contributed by atoms with E-state index in [4.69, 9.17) is 20.8 Å². The third kappa shape index (κ3) is 3.65. The molecule has 0 spiro atoms. The molecule has 0 bridgehead atoms. The van der Waals surface area contributed by atoms with Crippen LogP contribution >= 0.6 is 11.6 Å². The minimum Gasteiger partial charge on any atom is -0.503 e. The zero-order valence-electron chi connectivity index (χ0n) is 18.7. The van der Waals surface area contributed by atoms with Gasteiger partial charge < -0.3 is 14.3 Å². The van der Waals surface area contributed by atoms with Crippen molar-refractivity contribution in [1.82, 2.24) is 0 Å². The molecular formula is C27H19ClFNO5. The van der Waals surface area contributed by atoms with E-state index in [0.717, 1.165) is 0 Å². The minimum atomic E-state index is -1.21. The lowest BCUT2D eigenvalue weighted by molar-refractivity contribution is -0.117. The van der Waals surface area contributed by atoms with Gasteiger partial charge in [-0.25, -0.2) is 4.39 Å². The highest BCUT2D eigenvalue weighted by Gasteiger charge is 2.46. The number of ether oxygens (including phenoxy) is 1. The number of halogens is 2. The fraction of sp³-hybridized carbons (Fsp3) is 0.111. The predicted molar refractivity (Wildman–Crippen MR) is 130 cm³/mol. The lowest BCUT2D eigenvalue weighted by atomic mass is 9.94. The number of benzene rings is 3. The van der Waals surface area contributed by atoms with Gasteiger partial charge in [-0.3, -0.25) is 14.5 Å². The molecule has 6 nitrogen and oxygen atoms in total. The Kier molecular flexibility index (Phi) is 5.57. The monoisotopic (exact) mass is 491 g/mol. The van der Waals surface area contributed by atoms with Crippen molar-refractivity contribution in [3.63, 3.8) is 0 Å². The number of carbonyl (C=O) groups excluding carboxylic acids is 2. The molecule has 5 rings (SSSR count). The van der Waals surface area contributed by atoms with Crippen LogP contribution in [0.4, 0.5) is 10.1 Å². The summed E-state index contributed by atoms with van der Waals surface area (Å²) in [5.74, 6) is -2.79. The number of anilines is 1. The maximum Gasteiger partial charge on any atom is 0.294 e. The Bertz CT molecular complexity index is 1540. The molecule has 35 heavy (non-hydrogen) atoms. The van der Waals surface area contributed by atoms with Crippen LogP contribution in [0.25, 0.3) is 11.0 Å². The maximum absolute atomic E-state index is 15.0. The number of hydrogen-bond acceptors (Lipinski definition) is 5. The van der Waals surface area contributed by atoms with Gasteiger partial charge >= 0.3 is 0 Å². The molecule has 0 saturated carbocycles. The summed E-state index contributed by atoms with van der Waals surface area (Å²) in [6, 6.07) is 16.2. The second-order valence-electron chi connectivity index (χ2n) is 8.11. The summed E-state index contributed by atoms with van der Waals surface area (Å²) in [5.41, 5.74) is 1.22. The normalized spacial score (nSPS) is 15.8. The molecule has 8 heteroatoms. The Morgan fingerprint density at radius 3 is 2.54 bits per heavy atom. The smallest absolute Gasteiger partial charge is 0.294 e. The van der Waals surface area contributed by atoms with Crippen molar-refractivity contribution in [3.8, 4) is 5.75 Å². The van der Waals surface area contributed by atoms with Crippen LogP contribution in [0.15, 0.2) is 82.5 Å². The van der Waals surface area contributed by atoms with Crippen molar-refractivity contribution >= 4 is 39.9 Å². The third-order valence-corrected chi connectivity index (χ3v) is 6.24. The van der Waals surface area contributed by atoms with E-state index in [9.17, 15) is 14.7 Å². The number of furan rings is 1. The number of aryl methyl sites for hydroxylation is 1. The highest BCUT2D eigenvalue weighted by atomic mass is 35.5. The van der Waals surface area contributed by atoms with Gasteiger partial charge in [-0.05, 0) is 36.8 Å². The number of nitrogens with zero attached hydrogens (tertiary/aromatic N) is 1. The highest BCUT2D eigenvalue weighted by Crippen LogP contribution is 2.44. The zero-order valence-corrected chi connectivity index (χ0v) is 19.5. The van der Waals surface area contributed by atoms with Crippen molar-refractivity contribution in [1.29, 1.82) is 0 Å². The van der Waals surface area contributed by atoms with Gasteiger partial charge in [0.05, 0.1) is 18.7 Å². The summed E-state index contributed by atoms with van der Waals surface area (Å²) in [6.07, 6.45) is 0.